The summed E-state index contributed by atoms with van der Waals surface area (Å²) in [4.78, 5) is 11.4. The van der Waals surface area contributed by atoms with Gasteiger partial charge in [-0.15, -0.1) is 5.10 Å². The topological polar surface area (TPSA) is 62.7 Å². The highest BCUT2D eigenvalue weighted by atomic mass is 32.2. The molecule has 2 N–H and O–H groups in total. The predicted molar refractivity (Wildman–Crippen MR) is 67.0 cm³/mol. The highest BCUT2D eigenvalue weighted by Gasteiger charge is 2.13. The fourth-order valence-corrected chi connectivity index (χ4v) is 2.70. The van der Waals surface area contributed by atoms with Gasteiger partial charge in [0.1, 0.15) is 0 Å². The molecule has 0 bridgehead atoms. The summed E-state index contributed by atoms with van der Waals surface area (Å²) in [6.45, 7) is 6.90. The highest BCUT2D eigenvalue weighted by molar-refractivity contribution is 7.99. The molecule has 1 aromatic heterocycles. The molecule has 0 aliphatic carbocycles. The van der Waals surface area contributed by atoms with Crippen LogP contribution in [0.4, 0.5) is 0 Å². The van der Waals surface area contributed by atoms with Crippen LogP contribution in [0.5, 0.6) is 0 Å². The number of nitrogens with zero attached hydrogens (tertiary/aromatic N) is 2. The van der Waals surface area contributed by atoms with Crippen molar-refractivity contribution in [1.29, 1.82) is 0 Å². The first kappa shape index (κ1) is 13.3. The minimum absolute atomic E-state index is 0.126. The zero-order valence-electron chi connectivity index (χ0n) is 10.3. The van der Waals surface area contributed by atoms with Crippen LogP contribution < -0.4 is 11.0 Å². The second-order valence-corrected chi connectivity index (χ2v) is 5.32. The molecular formula is C10H20N4OS. The van der Waals surface area contributed by atoms with Crippen molar-refractivity contribution in [1.82, 2.24) is 20.1 Å². The first-order chi connectivity index (χ1) is 7.58. The number of rotatable bonds is 6. The Bertz CT molecular complexity index is 373. The van der Waals surface area contributed by atoms with E-state index in [1.165, 1.54) is 0 Å². The minimum atomic E-state index is -0.126. The second kappa shape index (κ2) is 6.10. The normalized spacial score (nSPS) is 15.0. The summed E-state index contributed by atoms with van der Waals surface area (Å²) in [6.07, 6.45) is 1.05. The molecule has 0 aliphatic rings. The first-order valence-corrected chi connectivity index (χ1v) is 6.45. The van der Waals surface area contributed by atoms with E-state index in [4.69, 9.17) is 0 Å². The van der Waals surface area contributed by atoms with Crippen molar-refractivity contribution in [3.05, 3.63) is 10.5 Å². The largest absolute Gasteiger partial charge is 0.343 e. The van der Waals surface area contributed by atoms with Gasteiger partial charge in [0.2, 0.25) is 0 Å². The molecule has 1 heterocycles. The average Bonchev–Trinajstić information content (AvgIpc) is 2.58. The molecule has 5 nitrogen and oxygen atoms in total. The number of aromatic nitrogens is 3. The van der Waals surface area contributed by atoms with Crippen LogP contribution in [-0.4, -0.2) is 33.1 Å². The molecule has 16 heavy (non-hydrogen) atoms. The molecule has 0 fully saturated rings. The molecule has 2 unspecified atom stereocenters. The lowest BCUT2D eigenvalue weighted by Crippen LogP contribution is -2.24. The first-order valence-electron chi connectivity index (χ1n) is 5.57. The van der Waals surface area contributed by atoms with E-state index in [-0.39, 0.29) is 5.69 Å². The van der Waals surface area contributed by atoms with Gasteiger partial charge < -0.3 is 5.32 Å². The lowest BCUT2D eigenvalue weighted by Gasteiger charge is -2.15. The van der Waals surface area contributed by atoms with Crippen LogP contribution in [-0.2, 0) is 6.54 Å². The maximum Gasteiger partial charge on any atom is 0.343 e. The minimum Gasteiger partial charge on any atom is -0.317 e. The molecular weight excluding hydrogens is 224 g/mol. The van der Waals surface area contributed by atoms with Crippen molar-refractivity contribution in [2.75, 3.05) is 7.05 Å². The fourth-order valence-electron chi connectivity index (χ4n) is 1.52. The number of thioether (sulfide) groups is 1. The van der Waals surface area contributed by atoms with Crippen LogP contribution in [0.3, 0.4) is 0 Å². The summed E-state index contributed by atoms with van der Waals surface area (Å²) in [5.41, 5.74) is -0.126. The maximum absolute atomic E-state index is 11.4. The Labute approximate surface area is 100 Å². The van der Waals surface area contributed by atoms with E-state index in [9.17, 15) is 4.79 Å². The van der Waals surface area contributed by atoms with Crippen LogP contribution >= 0.6 is 11.8 Å². The summed E-state index contributed by atoms with van der Waals surface area (Å²) in [5.74, 6) is 0. The number of hydrogen-bond donors (Lipinski definition) is 2. The van der Waals surface area contributed by atoms with Crippen molar-refractivity contribution in [2.24, 2.45) is 0 Å². The SMILES string of the molecule is CCn1c(SC(C)CC(C)NC)n[nH]c1=O. The maximum atomic E-state index is 11.4. The smallest absolute Gasteiger partial charge is 0.317 e. The fraction of sp³-hybridized carbons (Fsp3) is 0.800. The third-order valence-corrected chi connectivity index (χ3v) is 3.64. The van der Waals surface area contributed by atoms with Gasteiger partial charge >= 0.3 is 5.69 Å². The number of aromatic amines is 1. The molecule has 2 atom stereocenters. The second-order valence-electron chi connectivity index (χ2n) is 3.91. The Hall–Kier alpha value is -0.750. The van der Waals surface area contributed by atoms with Gasteiger partial charge in [0.15, 0.2) is 5.16 Å². The summed E-state index contributed by atoms with van der Waals surface area (Å²) in [7, 11) is 1.96. The van der Waals surface area contributed by atoms with E-state index in [0.717, 1.165) is 11.6 Å². The lowest BCUT2D eigenvalue weighted by atomic mass is 10.2. The summed E-state index contributed by atoms with van der Waals surface area (Å²) >= 11 is 1.64. The van der Waals surface area contributed by atoms with Gasteiger partial charge in [-0.2, -0.15) is 0 Å². The van der Waals surface area contributed by atoms with Gasteiger partial charge in [0, 0.05) is 17.8 Å². The molecule has 1 aromatic rings. The van der Waals surface area contributed by atoms with Crippen LogP contribution in [0.1, 0.15) is 27.2 Å². The molecule has 92 valence electrons. The molecule has 0 amide bonds. The van der Waals surface area contributed by atoms with Gasteiger partial charge in [-0.25, -0.2) is 9.89 Å². The van der Waals surface area contributed by atoms with Gasteiger partial charge in [-0.3, -0.25) is 4.57 Å². The quantitative estimate of drug-likeness (QED) is 0.735. The zero-order chi connectivity index (χ0) is 12.1. The van der Waals surface area contributed by atoms with Crippen LogP contribution in [0.2, 0.25) is 0 Å². The summed E-state index contributed by atoms with van der Waals surface area (Å²) in [5, 5.41) is 10.9. The third kappa shape index (κ3) is 3.38. The molecule has 0 aliphatic heterocycles. The molecule has 0 saturated heterocycles. The Morgan fingerprint density at radius 2 is 2.25 bits per heavy atom. The van der Waals surface area contributed by atoms with E-state index in [1.807, 2.05) is 14.0 Å². The highest BCUT2D eigenvalue weighted by Crippen LogP contribution is 2.22. The van der Waals surface area contributed by atoms with Gasteiger partial charge in [-0.05, 0) is 27.3 Å². The van der Waals surface area contributed by atoms with Crippen LogP contribution in [0.15, 0.2) is 9.95 Å². The molecule has 0 spiro atoms. The van der Waals surface area contributed by atoms with Crippen molar-refractivity contribution in [3.63, 3.8) is 0 Å². The van der Waals surface area contributed by atoms with Crippen molar-refractivity contribution in [3.8, 4) is 0 Å². The van der Waals surface area contributed by atoms with E-state index in [1.54, 1.807) is 16.3 Å². The van der Waals surface area contributed by atoms with E-state index in [0.29, 0.717) is 17.8 Å². The molecule has 6 heteroatoms. The van der Waals surface area contributed by atoms with Crippen molar-refractivity contribution >= 4 is 11.8 Å². The molecule has 0 radical (unpaired) electrons. The van der Waals surface area contributed by atoms with Gasteiger partial charge in [0.25, 0.3) is 0 Å². The number of H-pyrrole nitrogens is 1. The van der Waals surface area contributed by atoms with Crippen LogP contribution in [0, 0.1) is 0 Å². The zero-order valence-corrected chi connectivity index (χ0v) is 11.1. The number of nitrogens with one attached hydrogen (secondary N) is 2. The van der Waals surface area contributed by atoms with E-state index < -0.39 is 0 Å². The monoisotopic (exact) mass is 244 g/mol. The number of hydrogen-bond acceptors (Lipinski definition) is 4. The van der Waals surface area contributed by atoms with Gasteiger partial charge in [-0.1, -0.05) is 18.7 Å². The standard InChI is InChI=1S/C10H20N4OS/c1-5-14-9(15)12-13-10(14)16-8(3)6-7(2)11-4/h7-8,11H,5-6H2,1-4H3,(H,12,15). The van der Waals surface area contributed by atoms with Gasteiger partial charge in [0.05, 0.1) is 0 Å². The van der Waals surface area contributed by atoms with Crippen molar-refractivity contribution < 1.29 is 0 Å². The van der Waals surface area contributed by atoms with Crippen molar-refractivity contribution in [2.45, 2.75) is 50.2 Å². The average molecular weight is 244 g/mol. The van der Waals surface area contributed by atoms with E-state index >= 15 is 0 Å². The molecule has 0 aromatic carbocycles. The Kier molecular flexibility index (Phi) is 5.08. The third-order valence-electron chi connectivity index (χ3n) is 2.52. The summed E-state index contributed by atoms with van der Waals surface area (Å²) in [6, 6.07) is 0.475. The molecule has 1 rings (SSSR count). The Balaban J connectivity index is 2.62. The Morgan fingerprint density at radius 1 is 1.56 bits per heavy atom. The van der Waals surface area contributed by atoms with Crippen LogP contribution in [0.25, 0.3) is 0 Å². The lowest BCUT2D eigenvalue weighted by molar-refractivity contribution is 0.562. The summed E-state index contributed by atoms with van der Waals surface area (Å²) < 4.78 is 1.66. The molecule has 0 saturated carbocycles. The van der Waals surface area contributed by atoms with E-state index in [2.05, 4.69) is 29.4 Å². The predicted octanol–water partition coefficient (Wildman–Crippen LogP) is 1.07. The Morgan fingerprint density at radius 3 is 2.81 bits per heavy atom.